The van der Waals surface area contributed by atoms with Gasteiger partial charge in [0.15, 0.2) is 5.96 Å². The van der Waals surface area contributed by atoms with E-state index < -0.39 is 23.9 Å². The molecule has 2 atom stereocenters. The molecule has 10 N–H and O–H groups in total. The number of benzene rings is 1. The third-order valence-corrected chi connectivity index (χ3v) is 6.12. The van der Waals surface area contributed by atoms with Gasteiger partial charge in [-0.15, -0.1) is 0 Å². The molecule has 200 valence electrons. The predicted octanol–water partition coefficient (Wildman–Crippen LogP) is 1.35. The predicted molar refractivity (Wildman–Crippen MR) is 140 cm³/mol. The summed E-state index contributed by atoms with van der Waals surface area (Å²) >= 11 is 0. The summed E-state index contributed by atoms with van der Waals surface area (Å²) in [5, 5.41) is 5.71. The minimum atomic E-state index is -0.796. The third kappa shape index (κ3) is 9.73. The van der Waals surface area contributed by atoms with Gasteiger partial charge in [-0.3, -0.25) is 19.4 Å². The highest BCUT2D eigenvalue weighted by atomic mass is 16.5. The number of nitrogens with two attached hydrogens (primary N) is 4. The lowest BCUT2D eigenvalue weighted by atomic mass is 9.84. The van der Waals surface area contributed by atoms with Crippen LogP contribution in [0.1, 0.15) is 75.6 Å². The van der Waals surface area contributed by atoms with E-state index in [9.17, 15) is 14.4 Å². The van der Waals surface area contributed by atoms with Gasteiger partial charge in [0.2, 0.25) is 17.7 Å². The van der Waals surface area contributed by atoms with Gasteiger partial charge in [-0.1, -0.05) is 32.1 Å². The second-order valence-electron chi connectivity index (χ2n) is 9.59. The summed E-state index contributed by atoms with van der Waals surface area (Å²) in [4.78, 5) is 41.7. The van der Waals surface area contributed by atoms with Crippen molar-refractivity contribution in [2.75, 3.05) is 11.9 Å². The molecule has 1 saturated carbocycles. The van der Waals surface area contributed by atoms with Crippen LogP contribution in [0.4, 0.5) is 5.69 Å². The van der Waals surface area contributed by atoms with Crippen LogP contribution in [0, 0.1) is 5.92 Å². The largest absolute Gasteiger partial charge is 0.489 e. The lowest BCUT2D eigenvalue weighted by molar-refractivity contribution is -0.127. The topological polar surface area (TPSA) is 201 Å². The number of anilines is 1. The molecule has 1 fully saturated rings. The number of rotatable bonds is 13. The van der Waals surface area contributed by atoms with Crippen LogP contribution in [-0.4, -0.2) is 48.4 Å². The maximum atomic E-state index is 13.4. The second-order valence-corrected chi connectivity index (χ2v) is 9.59. The maximum absolute atomic E-state index is 13.4. The van der Waals surface area contributed by atoms with Gasteiger partial charge in [0.1, 0.15) is 11.8 Å². The summed E-state index contributed by atoms with van der Waals surface area (Å²) in [6.45, 7) is 4.04. The molecule has 0 spiro atoms. The van der Waals surface area contributed by atoms with Gasteiger partial charge < -0.3 is 38.3 Å². The number of hydrogen-bond donors (Lipinski definition) is 6. The molecule has 0 unspecified atom stereocenters. The first-order chi connectivity index (χ1) is 17.1. The van der Waals surface area contributed by atoms with Gasteiger partial charge in [0, 0.05) is 12.1 Å². The zero-order chi connectivity index (χ0) is 26.7. The van der Waals surface area contributed by atoms with E-state index in [4.69, 9.17) is 27.7 Å². The van der Waals surface area contributed by atoms with Crippen LogP contribution in [0.15, 0.2) is 23.2 Å². The van der Waals surface area contributed by atoms with Crippen LogP contribution in [0.2, 0.25) is 0 Å². The second kappa shape index (κ2) is 14.3. The average molecular weight is 504 g/mol. The number of ether oxygens (including phenoxy) is 1. The molecule has 0 bridgehead atoms. The van der Waals surface area contributed by atoms with Crippen molar-refractivity contribution in [1.29, 1.82) is 0 Å². The van der Waals surface area contributed by atoms with Crippen LogP contribution in [0.3, 0.4) is 0 Å². The number of nitrogens with zero attached hydrogens (tertiary/aromatic N) is 1. The summed E-state index contributed by atoms with van der Waals surface area (Å²) in [5.74, 6) is -0.731. The highest BCUT2D eigenvalue weighted by Gasteiger charge is 2.28. The molecule has 11 heteroatoms. The van der Waals surface area contributed by atoms with Gasteiger partial charge in [-0.25, -0.2) is 0 Å². The fourth-order valence-electron chi connectivity index (χ4n) is 4.27. The zero-order valence-electron chi connectivity index (χ0n) is 21.3. The Morgan fingerprint density at radius 3 is 2.39 bits per heavy atom. The Labute approximate surface area is 212 Å². The van der Waals surface area contributed by atoms with Crippen molar-refractivity contribution in [2.24, 2.45) is 33.8 Å². The van der Waals surface area contributed by atoms with Crippen molar-refractivity contribution < 1.29 is 19.1 Å². The normalized spacial score (nSPS) is 15.6. The first-order valence-electron chi connectivity index (χ1n) is 12.6. The molecule has 0 aromatic heterocycles. The van der Waals surface area contributed by atoms with E-state index in [-0.39, 0.29) is 23.5 Å². The first kappa shape index (κ1) is 28.9. The molecule has 1 aromatic carbocycles. The van der Waals surface area contributed by atoms with Crippen LogP contribution < -0.4 is 38.3 Å². The number of carbonyl (C=O) groups excluding carboxylic acids is 3. The Morgan fingerprint density at radius 1 is 1.08 bits per heavy atom. The monoisotopic (exact) mass is 503 g/mol. The average Bonchev–Trinajstić information content (AvgIpc) is 2.82. The van der Waals surface area contributed by atoms with E-state index in [0.29, 0.717) is 43.2 Å². The smallest absolute Gasteiger partial charge is 0.248 e. The number of hydrogen-bond acceptors (Lipinski definition) is 6. The highest BCUT2D eigenvalue weighted by Crippen LogP contribution is 2.30. The molecule has 0 saturated heterocycles. The molecule has 1 aliphatic carbocycles. The van der Waals surface area contributed by atoms with Crippen molar-refractivity contribution in [3.8, 4) is 5.75 Å². The lowest BCUT2D eigenvalue weighted by Crippen LogP contribution is -2.50. The maximum Gasteiger partial charge on any atom is 0.248 e. The Kier molecular flexibility index (Phi) is 11.5. The van der Waals surface area contributed by atoms with Crippen LogP contribution in [-0.2, 0) is 9.59 Å². The van der Waals surface area contributed by atoms with Crippen molar-refractivity contribution in [2.45, 2.75) is 83.4 Å². The van der Waals surface area contributed by atoms with Gasteiger partial charge in [0.25, 0.3) is 0 Å². The third-order valence-electron chi connectivity index (χ3n) is 6.12. The number of aliphatic imine (C=N–C) groups is 1. The van der Waals surface area contributed by atoms with Gasteiger partial charge in [0.05, 0.1) is 17.8 Å². The molecule has 1 aliphatic rings. The Bertz CT molecular complexity index is 925. The molecule has 0 radical (unpaired) electrons. The molecule has 3 amide bonds. The summed E-state index contributed by atoms with van der Waals surface area (Å²) in [7, 11) is 0. The summed E-state index contributed by atoms with van der Waals surface area (Å²) in [5.41, 5.74) is 22.8. The highest BCUT2D eigenvalue weighted by molar-refractivity contribution is 6.00. The molecule has 2 rings (SSSR count). The zero-order valence-corrected chi connectivity index (χ0v) is 21.3. The van der Waals surface area contributed by atoms with E-state index in [1.165, 1.54) is 18.6 Å². The number of amides is 3. The Morgan fingerprint density at radius 2 is 1.78 bits per heavy atom. The SMILES string of the molecule is CC(C)Oc1cc(C(N)=O)ccc1NC(=O)[C@H](CC1CCCCC1)NC(=O)[C@@H](N)CCCN=C(N)N. The Balaban J connectivity index is 2.15. The van der Waals surface area contributed by atoms with Crippen molar-refractivity contribution in [3.05, 3.63) is 23.8 Å². The van der Waals surface area contributed by atoms with E-state index in [2.05, 4.69) is 15.6 Å². The standard InChI is InChI=1S/C25H41N7O4/c1-15(2)36-21-14-17(22(27)33)10-11-19(21)31-24(35)20(13-16-7-4-3-5-8-16)32-23(34)18(26)9-6-12-30-25(28)29/h10-11,14-16,18,20H,3-9,12-13,26H2,1-2H3,(H2,27,33)(H,31,35)(H,32,34)(H4,28,29,30)/t18-,20-/m0/s1. The van der Waals surface area contributed by atoms with Crippen molar-refractivity contribution >= 4 is 29.4 Å². The molecule has 0 heterocycles. The van der Waals surface area contributed by atoms with E-state index in [1.807, 2.05) is 13.8 Å². The fraction of sp³-hybridized carbons (Fsp3) is 0.600. The van der Waals surface area contributed by atoms with Crippen LogP contribution >= 0.6 is 0 Å². The molecule has 36 heavy (non-hydrogen) atoms. The number of guanidine groups is 1. The van der Waals surface area contributed by atoms with Crippen LogP contribution in [0.5, 0.6) is 5.75 Å². The van der Waals surface area contributed by atoms with Gasteiger partial charge in [-0.2, -0.15) is 0 Å². The molecule has 0 aliphatic heterocycles. The number of primary amides is 1. The van der Waals surface area contributed by atoms with E-state index in [0.717, 1.165) is 25.7 Å². The minimum absolute atomic E-state index is 0.0121. The van der Waals surface area contributed by atoms with Crippen molar-refractivity contribution in [1.82, 2.24) is 5.32 Å². The van der Waals surface area contributed by atoms with E-state index >= 15 is 0 Å². The summed E-state index contributed by atoms with van der Waals surface area (Å²) < 4.78 is 5.80. The summed E-state index contributed by atoms with van der Waals surface area (Å²) in [6.07, 6.45) is 6.66. The molecule has 1 aromatic rings. The summed E-state index contributed by atoms with van der Waals surface area (Å²) in [6, 6.07) is 3.03. The number of nitrogens with one attached hydrogen (secondary N) is 2. The number of carbonyl (C=O) groups is 3. The Hall–Kier alpha value is -3.34. The van der Waals surface area contributed by atoms with Crippen LogP contribution in [0.25, 0.3) is 0 Å². The van der Waals surface area contributed by atoms with Gasteiger partial charge >= 0.3 is 0 Å². The fourth-order valence-corrected chi connectivity index (χ4v) is 4.27. The minimum Gasteiger partial charge on any atom is -0.489 e. The quantitative estimate of drug-likeness (QED) is 0.132. The molecule has 11 nitrogen and oxygen atoms in total. The van der Waals surface area contributed by atoms with Gasteiger partial charge in [-0.05, 0) is 57.2 Å². The van der Waals surface area contributed by atoms with E-state index in [1.54, 1.807) is 6.07 Å². The molecular formula is C25H41N7O4. The first-order valence-corrected chi connectivity index (χ1v) is 12.6. The molecular weight excluding hydrogens is 462 g/mol. The lowest BCUT2D eigenvalue weighted by Gasteiger charge is -2.27. The van der Waals surface area contributed by atoms with Crippen molar-refractivity contribution in [3.63, 3.8) is 0 Å².